The molecule has 0 spiro atoms. The van der Waals surface area contributed by atoms with Gasteiger partial charge in [0, 0.05) is 0 Å². The van der Waals surface area contributed by atoms with Gasteiger partial charge in [-0.3, -0.25) is 0 Å². The van der Waals surface area contributed by atoms with Crippen LogP contribution in [0, 0.1) is 0 Å². The zero-order valence-electron chi connectivity index (χ0n) is 2.05. The first-order valence-electron chi connectivity index (χ1n) is 0.516. The zero-order chi connectivity index (χ0) is 4.00. The number of hydrogen-bond acceptors (Lipinski definition) is 0. The summed E-state index contributed by atoms with van der Waals surface area (Å²) in [4.78, 5) is 0. The van der Waals surface area contributed by atoms with Gasteiger partial charge in [-0.2, -0.15) is 0 Å². The van der Waals surface area contributed by atoms with Gasteiger partial charge in [0.05, 0.1) is 0 Å². The van der Waals surface area contributed by atoms with Crippen LogP contribution in [0.25, 0.3) is 0 Å². The molecule has 16 valence electrons. The molecule has 0 aliphatic carbocycles. The maximum absolute atomic E-state index is 3.66. The van der Waals surface area contributed by atoms with Gasteiger partial charge in [-0.15, -0.1) is 0 Å². The Hall–Kier alpha value is 2.37. The first kappa shape index (κ1) is 9.62. The number of hydrogen-bond donors (Lipinski definition) is 0. The van der Waals surface area contributed by atoms with Crippen molar-refractivity contribution in [1.29, 1.82) is 0 Å². The van der Waals surface area contributed by atoms with Crippen LogP contribution >= 0.6 is 12.7 Å². The van der Waals surface area contributed by atoms with Gasteiger partial charge >= 0.3 is 53.2 Å². The molecule has 0 saturated carbocycles. The molecule has 0 heterocycles. The van der Waals surface area contributed by atoms with Crippen LogP contribution in [0.4, 0.5) is 0 Å². The van der Waals surface area contributed by atoms with Crippen LogP contribution in [0.1, 0.15) is 0 Å². The molecule has 0 aromatic rings. The van der Waals surface area contributed by atoms with Gasteiger partial charge < -0.3 is 0 Å². The minimum atomic E-state index is 1.04. The molecule has 0 N–H and O–H groups in total. The minimum absolute atomic E-state index is 1.04. The molecule has 0 aliphatic heterocycles. The second-order valence-corrected chi connectivity index (χ2v) is 0. The molecule has 0 nitrogen and oxygen atoms in total. The van der Waals surface area contributed by atoms with Crippen LogP contribution in [0.5, 0.6) is 0 Å². The van der Waals surface area contributed by atoms with Gasteiger partial charge in [0.1, 0.15) is 0 Å². The van der Waals surface area contributed by atoms with E-state index in [0.717, 1.165) is 23.0 Å². The molecule has 0 rings (SSSR count). The van der Waals surface area contributed by atoms with Crippen molar-refractivity contribution >= 4 is 53.2 Å². The summed E-state index contributed by atoms with van der Waals surface area (Å²) in [5.74, 6) is 3.66. The van der Waals surface area contributed by atoms with E-state index in [1.54, 1.807) is 0 Å². The second-order valence-electron chi connectivity index (χ2n) is 0. The molecule has 0 amide bonds. The zero-order valence-corrected chi connectivity index (χ0v) is 9.56. The average Bonchev–Trinajstić information content (AvgIpc) is 1.50. The van der Waals surface area contributed by atoms with E-state index in [2.05, 4.69) is 12.7 Å². The van der Waals surface area contributed by atoms with Gasteiger partial charge in [0.25, 0.3) is 0 Å². The number of rotatable bonds is 0. The van der Waals surface area contributed by atoms with Crippen molar-refractivity contribution in [2.75, 3.05) is 0 Å². The maximum atomic E-state index is 3.66. The third-order valence-electron chi connectivity index (χ3n) is 0. The fourth-order valence-electron chi connectivity index (χ4n) is 0. The third-order valence-corrected chi connectivity index (χ3v) is 0. The molecule has 0 atom stereocenters. The monoisotopic (exact) mass is 246 g/mol. The van der Waals surface area contributed by atoms with Crippen LogP contribution in [0.3, 0.4) is 0 Å². The Kier molecular flexibility index (Phi) is 43.9. The van der Waals surface area contributed by atoms with Crippen molar-refractivity contribution in [3.8, 4) is 0 Å². The quantitative estimate of drug-likeness (QED) is 0.441. The molecule has 0 aromatic carbocycles. The van der Waals surface area contributed by atoms with Crippen molar-refractivity contribution in [3.05, 3.63) is 0 Å². The molecule has 4 heavy (non-hydrogen) atoms. The Labute approximate surface area is 52.7 Å². The SMILES string of the molecule is [P]#[Ga].[P]#[In]. The van der Waals surface area contributed by atoms with Crippen molar-refractivity contribution in [3.63, 3.8) is 0 Å². The van der Waals surface area contributed by atoms with E-state index in [-0.39, 0.29) is 0 Å². The van der Waals surface area contributed by atoms with Gasteiger partial charge in [-0.25, -0.2) is 0 Å². The molecule has 0 aromatic heterocycles. The third kappa shape index (κ3) is 8.84. The average molecular weight is 246 g/mol. The van der Waals surface area contributed by atoms with E-state index in [4.69, 9.17) is 0 Å². The molecule has 0 bridgehead atoms. The summed E-state index contributed by atoms with van der Waals surface area (Å²) in [7, 11) is 0. The molecular formula is GaInP2. The summed E-state index contributed by atoms with van der Waals surface area (Å²) in [6, 6.07) is 0. The van der Waals surface area contributed by atoms with Crippen LogP contribution in [0.15, 0.2) is 0 Å². The van der Waals surface area contributed by atoms with Crippen LogP contribution in [-0.2, 0) is 0 Å². The van der Waals surface area contributed by atoms with E-state index in [1.807, 2.05) is 0 Å². The molecule has 0 radical (unpaired) electrons. The van der Waals surface area contributed by atoms with E-state index >= 15 is 0 Å². The van der Waals surface area contributed by atoms with Crippen LogP contribution in [-0.4, -0.2) is 40.4 Å². The Bertz CT molecular complexity index is 21.5. The summed E-state index contributed by atoms with van der Waals surface area (Å²) in [5, 5.41) is 0. The van der Waals surface area contributed by atoms with Gasteiger partial charge in [-0.05, 0) is 0 Å². The van der Waals surface area contributed by atoms with E-state index in [0.29, 0.717) is 0 Å². The van der Waals surface area contributed by atoms with Crippen molar-refractivity contribution in [1.82, 2.24) is 0 Å². The Morgan fingerprint density at radius 2 is 1.25 bits per heavy atom. The molecule has 4 heteroatoms. The molecule has 0 fully saturated rings. The Balaban J connectivity index is 0. The van der Waals surface area contributed by atoms with Gasteiger partial charge in [0.2, 0.25) is 0 Å². The molecule has 0 unspecified atom stereocenters. The van der Waals surface area contributed by atoms with Crippen LogP contribution < -0.4 is 0 Å². The summed E-state index contributed by atoms with van der Waals surface area (Å²) in [6.45, 7) is 3.59. The molecule has 0 aliphatic rings. The summed E-state index contributed by atoms with van der Waals surface area (Å²) in [6.07, 6.45) is 0. The summed E-state index contributed by atoms with van der Waals surface area (Å²) >= 11 is 2.43. The Morgan fingerprint density at radius 1 is 1.25 bits per heavy atom. The van der Waals surface area contributed by atoms with Crippen molar-refractivity contribution in [2.24, 2.45) is 0 Å². The normalized spacial score (nSPS) is 2.50. The summed E-state index contributed by atoms with van der Waals surface area (Å²) in [5.41, 5.74) is 0. The first-order chi connectivity index (χ1) is 2.00. The van der Waals surface area contributed by atoms with Gasteiger partial charge in [0.15, 0.2) is 0 Å². The van der Waals surface area contributed by atoms with Crippen LogP contribution in [0.2, 0.25) is 0 Å². The molecule has 0 saturated heterocycles. The Morgan fingerprint density at radius 3 is 1.25 bits per heavy atom. The van der Waals surface area contributed by atoms with Gasteiger partial charge in [-0.1, -0.05) is 0 Å². The first-order valence-corrected chi connectivity index (χ1v) is 9.22. The fourth-order valence-corrected chi connectivity index (χ4v) is 0. The van der Waals surface area contributed by atoms with Crippen molar-refractivity contribution in [2.45, 2.75) is 0 Å². The van der Waals surface area contributed by atoms with E-state index in [9.17, 15) is 0 Å². The summed E-state index contributed by atoms with van der Waals surface area (Å²) < 4.78 is 0. The standard InChI is InChI=1S/Ga.In.2P. The molecular weight excluding hydrogens is 246 g/mol. The predicted octanol–water partition coefficient (Wildman–Crippen LogP) is 0.961. The predicted molar refractivity (Wildman–Crippen MR) is 25.3 cm³/mol. The second kappa shape index (κ2) is 18.3. The van der Waals surface area contributed by atoms with Crippen molar-refractivity contribution < 1.29 is 0 Å². The fraction of sp³-hybridized carbons (Fsp3) is 0. The van der Waals surface area contributed by atoms with E-state index in [1.165, 1.54) is 17.4 Å². The van der Waals surface area contributed by atoms with E-state index < -0.39 is 0 Å². The topological polar surface area (TPSA) is 0 Å².